The summed E-state index contributed by atoms with van der Waals surface area (Å²) in [6.45, 7) is 3.04. The molecule has 1 heterocycles. The standard InChI is InChI=1S/C15H21BrN2O/c1-2-5-12-6-3-4-9-18(12)15(19)13-10-11(17)7-8-14(13)16/h7-8,10,12H,2-6,9,17H2,1H3. The Labute approximate surface area is 123 Å². The molecule has 1 amide bonds. The van der Waals surface area contributed by atoms with Gasteiger partial charge in [0, 0.05) is 22.7 Å². The number of carbonyl (C=O) groups excluding carboxylic acids is 1. The monoisotopic (exact) mass is 324 g/mol. The van der Waals surface area contributed by atoms with Gasteiger partial charge in [-0.3, -0.25) is 4.79 Å². The minimum absolute atomic E-state index is 0.109. The number of piperidine rings is 1. The molecular formula is C15H21BrN2O. The molecule has 4 heteroatoms. The Kier molecular flexibility index (Phi) is 4.86. The van der Waals surface area contributed by atoms with Gasteiger partial charge in [-0.15, -0.1) is 0 Å². The molecule has 104 valence electrons. The summed E-state index contributed by atoms with van der Waals surface area (Å²) in [7, 11) is 0. The molecule has 19 heavy (non-hydrogen) atoms. The van der Waals surface area contributed by atoms with Crippen LogP contribution in [0.2, 0.25) is 0 Å². The lowest BCUT2D eigenvalue weighted by molar-refractivity contribution is 0.0600. The van der Waals surface area contributed by atoms with E-state index >= 15 is 0 Å². The molecule has 2 rings (SSSR count). The Morgan fingerprint density at radius 3 is 3.00 bits per heavy atom. The number of likely N-dealkylation sites (tertiary alicyclic amines) is 1. The molecule has 0 saturated carbocycles. The van der Waals surface area contributed by atoms with Gasteiger partial charge in [-0.25, -0.2) is 0 Å². The second-order valence-corrected chi connectivity index (χ2v) is 6.03. The number of nitrogens with zero attached hydrogens (tertiary/aromatic N) is 1. The van der Waals surface area contributed by atoms with Crippen LogP contribution >= 0.6 is 15.9 Å². The fraction of sp³-hybridized carbons (Fsp3) is 0.533. The minimum Gasteiger partial charge on any atom is -0.399 e. The van der Waals surface area contributed by atoms with E-state index in [1.165, 1.54) is 6.42 Å². The number of rotatable bonds is 3. The van der Waals surface area contributed by atoms with Crippen LogP contribution < -0.4 is 5.73 Å². The lowest BCUT2D eigenvalue weighted by Crippen LogP contribution is -2.43. The summed E-state index contributed by atoms with van der Waals surface area (Å²) in [5, 5.41) is 0. The minimum atomic E-state index is 0.109. The maximum absolute atomic E-state index is 12.7. The van der Waals surface area contributed by atoms with E-state index < -0.39 is 0 Å². The first-order chi connectivity index (χ1) is 9.13. The number of halogens is 1. The van der Waals surface area contributed by atoms with Crippen molar-refractivity contribution in [1.29, 1.82) is 0 Å². The molecule has 1 aliphatic rings. The first-order valence-electron chi connectivity index (χ1n) is 6.99. The second kappa shape index (κ2) is 6.42. The average molecular weight is 325 g/mol. The molecule has 0 aromatic heterocycles. The lowest BCUT2D eigenvalue weighted by Gasteiger charge is -2.36. The first kappa shape index (κ1) is 14.4. The van der Waals surface area contributed by atoms with E-state index in [1.807, 2.05) is 11.0 Å². The number of hydrogen-bond donors (Lipinski definition) is 1. The maximum atomic E-state index is 12.7. The third-order valence-electron chi connectivity index (χ3n) is 3.73. The van der Waals surface area contributed by atoms with Gasteiger partial charge in [0.2, 0.25) is 0 Å². The Hall–Kier alpha value is -1.03. The van der Waals surface area contributed by atoms with E-state index in [9.17, 15) is 4.79 Å². The van der Waals surface area contributed by atoms with Crippen molar-refractivity contribution >= 4 is 27.5 Å². The SMILES string of the molecule is CCCC1CCCCN1C(=O)c1cc(N)ccc1Br. The van der Waals surface area contributed by atoms with Crippen molar-refractivity contribution in [2.24, 2.45) is 0 Å². The number of nitrogen functional groups attached to an aromatic ring is 1. The normalized spacial score (nSPS) is 19.5. The second-order valence-electron chi connectivity index (χ2n) is 5.18. The molecule has 0 radical (unpaired) electrons. The van der Waals surface area contributed by atoms with Crippen LogP contribution in [0.25, 0.3) is 0 Å². The van der Waals surface area contributed by atoms with Gasteiger partial charge < -0.3 is 10.6 Å². The van der Waals surface area contributed by atoms with Gasteiger partial charge in [0.05, 0.1) is 5.56 Å². The van der Waals surface area contributed by atoms with Crippen molar-refractivity contribution in [3.8, 4) is 0 Å². The van der Waals surface area contributed by atoms with E-state index in [-0.39, 0.29) is 5.91 Å². The highest BCUT2D eigenvalue weighted by molar-refractivity contribution is 9.10. The molecule has 1 aliphatic heterocycles. The summed E-state index contributed by atoms with van der Waals surface area (Å²) >= 11 is 3.45. The predicted octanol–water partition coefficient (Wildman–Crippen LogP) is 3.83. The van der Waals surface area contributed by atoms with Crippen molar-refractivity contribution in [2.75, 3.05) is 12.3 Å². The third kappa shape index (κ3) is 3.30. The zero-order chi connectivity index (χ0) is 13.8. The van der Waals surface area contributed by atoms with Gasteiger partial charge in [-0.05, 0) is 59.8 Å². The van der Waals surface area contributed by atoms with Crippen molar-refractivity contribution in [3.63, 3.8) is 0 Å². The largest absolute Gasteiger partial charge is 0.399 e. The fourth-order valence-corrected chi connectivity index (χ4v) is 3.18. The molecule has 1 fully saturated rings. The van der Waals surface area contributed by atoms with Gasteiger partial charge in [0.15, 0.2) is 0 Å². The van der Waals surface area contributed by atoms with Gasteiger partial charge in [-0.1, -0.05) is 13.3 Å². The van der Waals surface area contributed by atoms with E-state index in [2.05, 4.69) is 22.9 Å². The number of nitrogens with two attached hydrogens (primary N) is 1. The Balaban J connectivity index is 2.23. The van der Waals surface area contributed by atoms with Crippen LogP contribution in [0.15, 0.2) is 22.7 Å². The maximum Gasteiger partial charge on any atom is 0.255 e. The number of benzene rings is 1. The number of hydrogen-bond acceptors (Lipinski definition) is 2. The van der Waals surface area contributed by atoms with Crippen LogP contribution in [-0.4, -0.2) is 23.4 Å². The molecule has 0 bridgehead atoms. The summed E-state index contributed by atoms with van der Waals surface area (Å²) in [6, 6.07) is 5.81. The molecule has 3 nitrogen and oxygen atoms in total. The molecule has 1 aromatic carbocycles. The molecule has 2 N–H and O–H groups in total. The van der Waals surface area contributed by atoms with Crippen LogP contribution in [0.4, 0.5) is 5.69 Å². The zero-order valence-electron chi connectivity index (χ0n) is 11.4. The van der Waals surface area contributed by atoms with Crippen molar-refractivity contribution in [1.82, 2.24) is 4.90 Å². The summed E-state index contributed by atoms with van der Waals surface area (Å²) in [5.74, 6) is 0.109. The van der Waals surface area contributed by atoms with Crippen LogP contribution in [-0.2, 0) is 0 Å². The fourth-order valence-electron chi connectivity index (χ4n) is 2.76. The van der Waals surface area contributed by atoms with E-state index in [4.69, 9.17) is 5.73 Å². The molecule has 0 spiro atoms. The Morgan fingerprint density at radius 1 is 1.47 bits per heavy atom. The van der Waals surface area contributed by atoms with E-state index in [1.54, 1.807) is 12.1 Å². The molecular weight excluding hydrogens is 304 g/mol. The highest BCUT2D eigenvalue weighted by Crippen LogP contribution is 2.26. The molecule has 1 aromatic rings. The molecule has 0 aliphatic carbocycles. The lowest BCUT2D eigenvalue weighted by atomic mass is 9.97. The summed E-state index contributed by atoms with van der Waals surface area (Å²) < 4.78 is 0.826. The number of amides is 1. The smallest absolute Gasteiger partial charge is 0.255 e. The Morgan fingerprint density at radius 2 is 2.26 bits per heavy atom. The zero-order valence-corrected chi connectivity index (χ0v) is 12.9. The van der Waals surface area contributed by atoms with Gasteiger partial charge in [-0.2, -0.15) is 0 Å². The molecule has 1 saturated heterocycles. The van der Waals surface area contributed by atoms with Crippen LogP contribution in [0, 0.1) is 0 Å². The topological polar surface area (TPSA) is 46.3 Å². The van der Waals surface area contributed by atoms with Crippen LogP contribution in [0.5, 0.6) is 0 Å². The average Bonchev–Trinajstić information content (AvgIpc) is 2.42. The Bertz CT molecular complexity index is 459. The first-order valence-corrected chi connectivity index (χ1v) is 7.78. The van der Waals surface area contributed by atoms with Crippen molar-refractivity contribution < 1.29 is 4.79 Å². The highest BCUT2D eigenvalue weighted by atomic mass is 79.9. The van der Waals surface area contributed by atoms with Crippen molar-refractivity contribution in [3.05, 3.63) is 28.2 Å². The number of anilines is 1. The van der Waals surface area contributed by atoms with Crippen LogP contribution in [0.1, 0.15) is 49.4 Å². The van der Waals surface area contributed by atoms with Crippen molar-refractivity contribution in [2.45, 2.75) is 45.1 Å². The number of carbonyl (C=O) groups is 1. The van der Waals surface area contributed by atoms with Gasteiger partial charge >= 0.3 is 0 Å². The molecule has 1 unspecified atom stereocenters. The predicted molar refractivity (Wildman–Crippen MR) is 82.1 cm³/mol. The summed E-state index contributed by atoms with van der Waals surface area (Å²) in [6.07, 6.45) is 5.66. The summed E-state index contributed by atoms with van der Waals surface area (Å²) in [5.41, 5.74) is 7.11. The van der Waals surface area contributed by atoms with E-state index in [0.717, 1.165) is 36.7 Å². The molecule has 1 atom stereocenters. The third-order valence-corrected chi connectivity index (χ3v) is 4.42. The highest BCUT2D eigenvalue weighted by Gasteiger charge is 2.27. The van der Waals surface area contributed by atoms with Crippen LogP contribution in [0.3, 0.4) is 0 Å². The quantitative estimate of drug-likeness (QED) is 0.859. The van der Waals surface area contributed by atoms with Gasteiger partial charge in [0.25, 0.3) is 5.91 Å². The van der Waals surface area contributed by atoms with E-state index in [0.29, 0.717) is 17.3 Å². The van der Waals surface area contributed by atoms with Gasteiger partial charge in [0.1, 0.15) is 0 Å². The summed E-state index contributed by atoms with van der Waals surface area (Å²) in [4.78, 5) is 14.7.